The Balaban J connectivity index is 2.88. The predicted molar refractivity (Wildman–Crippen MR) is 68.5 cm³/mol. The summed E-state index contributed by atoms with van der Waals surface area (Å²) in [4.78, 5) is 14.6. The molecule has 0 aliphatic heterocycles. The van der Waals surface area contributed by atoms with E-state index in [0.29, 0.717) is 18.2 Å². The molecule has 0 unspecified atom stereocenters. The Labute approximate surface area is 101 Å². The second-order valence-electron chi connectivity index (χ2n) is 3.67. The minimum atomic E-state index is -0.422. The Bertz CT molecular complexity index is 382. The molecule has 1 heterocycles. The van der Waals surface area contributed by atoms with Crippen molar-refractivity contribution in [2.45, 2.75) is 26.7 Å². The van der Waals surface area contributed by atoms with Gasteiger partial charge in [0.1, 0.15) is 5.82 Å². The molecule has 1 aromatic heterocycles. The number of anilines is 2. The van der Waals surface area contributed by atoms with Gasteiger partial charge in [-0.15, -0.1) is 0 Å². The lowest BCUT2D eigenvalue weighted by Crippen LogP contribution is -2.08. The number of pyridine rings is 1. The summed E-state index contributed by atoms with van der Waals surface area (Å²) in [5.41, 5.74) is 0.0144. The van der Waals surface area contributed by atoms with Gasteiger partial charge in [-0.05, 0) is 18.9 Å². The zero-order chi connectivity index (χ0) is 12.7. The van der Waals surface area contributed by atoms with E-state index in [1.165, 1.54) is 6.07 Å². The second kappa shape index (κ2) is 6.67. The molecule has 1 rings (SSSR count). The highest BCUT2D eigenvalue weighted by atomic mass is 16.6. The van der Waals surface area contributed by atoms with Crippen LogP contribution in [0.15, 0.2) is 12.1 Å². The van der Waals surface area contributed by atoms with E-state index in [4.69, 9.17) is 0 Å². The van der Waals surface area contributed by atoms with Crippen molar-refractivity contribution in [3.05, 3.63) is 22.2 Å². The summed E-state index contributed by atoms with van der Waals surface area (Å²) in [6.45, 7) is 5.52. The molecular formula is C11H18N4O2. The molecule has 0 aliphatic rings. The topological polar surface area (TPSA) is 80.1 Å². The van der Waals surface area contributed by atoms with Crippen LogP contribution >= 0.6 is 0 Å². The minimum absolute atomic E-state index is 0.0144. The number of aromatic nitrogens is 1. The fraction of sp³-hybridized carbons (Fsp3) is 0.545. The van der Waals surface area contributed by atoms with Crippen molar-refractivity contribution in [2.24, 2.45) is 0 Å². The first-order valence-corrected chi connectivity index (χ1v) is 5.82. The third-order valence-electron chi connectivity index (χ3n) is 2.17. The van der Waals surface area contributed by atoms with Crippen molar-refractivity contribution in [3.8, 4) is 0 Å². The lowest BCUT2D eigenvalue weighted by molar-refractivity contribution is -0.384. The SMILES string of the molecule is CCCNc1ccc([N+](=O)[O-])c(NCCC)n1. The molecule has 1 aromatic rings. The highest BCUT2D eigenvalue weighted by Gasteiger charge is 2.15. The zero-order valence-corrected chi connectivity index (χ0v) is 10.2. The summed E-state index contributed by atoms with van der Waals surface area (Å²) >= 11 is 0. The van der Waals surface area contributed by atoms with Crippen LogP contribution in [0.5, 0.6) is 0 Å². The van der Waals surface area contributed by atoms with E-state index in [9.17, 15) is 10.1 Å². The van der Waals surface area contributed by atoms with Crippen LogP contribution in [0.25, 0.3) is 0 Å². The number of hydrogen-bond donors (Lipinski definition) is 2. The highest BCUT2D eigenvalue weighted by Crippen LogP contribution is 2.23. The molecule has 0 spiro atoms. The van der Waals surface area contributed by atoms with Gasteiger partial charge in [0.05, 0.1) is 4.92 Å². The summed E-state index contributed by atoms with van der Waals surface area (Å²) in [6, 6.07) is 3.11. The van der Waals surface area contributed by atoms with E-state index < -0.39 is 4.92 Å². The van der Waals surface area contributed by atoms with Crippen molar-refractivity contribution in [1.82, 2.24) is 4.98 Å². The van der Waals surface area contributed by atoms with E-state index in [-0.39, 0.29) is 5.69 Å². The summed E-state index contributed by atoms with van der Waals surface area (Å²) in [5, 5.41) is 16.9. The molecular weight excluding hydrogens is 220 g/mol. The van der Waals surface area contributed by atoms with E-state index in [2.05, 4.69) is 22.5 Å². The molecule has 0 amide bonds. The Hall–Kier alpha value is -1.85. The lowest BCUT2D eigenvalue weighted by Gasteiger charge is -2.08. The first kappa shape index (κ1) is 13.2. The molecule has 0 aliphatic carbocycles. The number of nitrogens with one attached hydrogen (secondary N) is 2. The van der Waals surface area contributed by atoms with Crippen LogP contribution in [-0.2, 0) is 0 Å². The van der Waals surface area contributed by atoms with Gasteiger partial charge in [0, 0.05) is 19.2 Å². The van der Waals surface area contributed by atoms with Gasteiger partial charge in [-0.25, -0.2) is 4.98 Å². The van der Waals surface area contributed by atoms with Gasteiger partial charge in [-0.3, -0.25) is 10.1 Å². The molecule has 6 heteroatoms. The smallest absolute Gasteiger partial charge is 0.311 e. The Kier molecular flexibility index (Phi) is 5.19. The molecule has 6 nitrogen and oxygen atoms in total. The van der Waals surface area contributed by atoms with Gasteiger partial charge in [0.15, 0.2) is 0 Å². The molecule has 94 valence electrons. The minimum Gasteiger partial charge on any atom is -0.370 e. The summed E-state index contributed by atoms with van der Waals surface area (Å²) in [6.07, 6.45) is 1.88. The average Bonchev–Trinajstić information content (AvgIpc) is 2.33. The molecule has 0 saturated carbocycles. The molecule has 0 saturated heterocycles. The Morgan fingerprint density at radius 2 is 1.88 bits per heavy atom. The van der Waals surface area contributed by atoms with E-state index >= 15 is 0 Å². The molecule has 0 bridgehead atoms. The first-order chi connectivity index (χ1) is 8.19. The van der Waals surface area contributed by atoms with E-state index in [1.807, 2.05) is 6.92 Å². The van der Waals surface area contributed by atoms with Crippen LogP contribution in [0.2, 0.25) is 0 Å². The van der Waals surface area contributed by atoms with Crippen LogP contribution in [0.1, 0.15) is 26.7 Å². The molecule has 2 N–H and O–H groups in total. The number of nitro groups is 1. The van der Waals surface area contributed by atoms with Crippen LogP contribution in [0.4, 0.5) is 17.3 Å². The fourth-order valence-corrected chi connectivity index (χ4v) is 1.32. The Morgan fingerprint density at radius 1 is 1.24 bits per heavy atom. The van der Waals surface area contributed by atoms with Gasteiger partial charge < -0.3 is 10.6 Å². The normalized spacial score (nSPS) is 10.0. The fourth-order valence-electron chi connectivity index (χ4n) is 1.32. The van der Waals surface area contributed by atoms with Crippen LogP contribution in [0, 0.1) is 10.1 Å². The van der Waals surface area contributed by atoms with Crippen LogP contribution in [-0.4, -0.2) is 23.0 Å². The summed E-state index contributed by atoms with van der Waals surface area (Å²) in [7, 11) is 0. The van der Waals surface area contributed by atoms with Gasteiger partial charge in [-0.1, -0.05) is 13.8 Å². The second-order valence-corrected chi connectivity index (χ2v) is 3.67. The van der Waals surface area contributed by atoms with Gasteiger partial charge >= 0.3 is 5.69 Å². The van der Waals surface area contributed by atoms with Crippen LogP contribution in [0.3, 0.4) is 0 Å². The van der Waals surface area contributed by atoms with Crippen molar-refractivity contribution in [3.63, 3.8) is 0 Å². The maximum atomic E-state index is 10.8. The Morgan fingerprint density at radius 3 is 2.47 bits per heavy atom. The molecule has 0 radical (unpaired) electrons. The van der Waals surface area contributed by atoms with Crippen molar-refractivity contribution >= 4 is 17.3 Å². The van der Waals surface area contributed by atoms with Crippen molar-refractivity contribution in [1.29, 1.82) is 0 Å². The van der Waals surface area contributed by atoms with Crippen molar-refractivity contribution < 1.29 is 4.92 Å². The third kappa shape index (κ3) is 3.90. The van der Waals surface area contributed by atoms with Crippen LogP contribution < -0.4 is 10.6 Å². The number of nitrogens with zero attached hydrogens (tertiary/aromatic N) is 2. The van der Waals surface area contributed by atoms with Gasteiger partial charge in [-0.2, -0.15) is 0 Å². The lowest BCUT2D eigenvalue weighted by atomic mass is 10.3. The standard InChI is InChI=1S/C11H18N4O2/c1-3-7-12-10-6-5-9(15(16)17)11(14-10)13-8-4-2/h5-6H,3-4,7-8H2,1-2H3,(H2,12,13,14). The largest absolute Gasteiger partial charge is 0.370 e. The van der Waals surface area contributed by atoms with Crippen molar-refractivity contribution in [2.75, 3.05) is 23.7 Å². The van der Waals surface area contributed by atoms with E-state index in [1.54, 1.807) is 6.07 Å². The number of rotatable bonds is 7. The molecule has 0 atom stereocenters. The maximum Gasteiger partial charge on any atom is 0.311 e. The van der Waals surface area contributed by atoms with Gasteiger partial charge in [0.25, 0.3) is 0 Å². The summed E-state index contributed by atoms with van der Waals surface area (Å²) in [5.74, 6) is 0.994. The summed E-state index contributed by atoms with van der Waals surface area (Å²) < 4.78 is 0. The van der Waals surface area contributed by atoms with E-state index in [0.717, 1.165) is 19.4 Å². The first-order valence-electron chi connectivity index (χ1n) is 5.82. The zero-order valence-electron chi connectivity index (χ0n) is 10.2. The number of hydrogen-bond acceptors (Lipinski definition) is 5. The quantitative estimate of drug-likeness (QED) is 0.563. The molecule has 17 heavy (non-hydrogen) atoms. The molecule has 0 fully saturated rings. The average molecular weight is 238 g/mol. The van der Waals surface area contributed by atoms with Gasteiger partial charge in [0.2, 0.25) is 5.82 Å². The highest BCUT2D eigenvalue weighted by molar-refractivity contribution is 5.60. The third-order valence-corrected chi connectivity index (χ3v) is 2.17. The maximum absolute atomic E-state index is 10.8. The monoisotopic (exact) mass is 238 g/mol. The predicted octanol–water partition coefficient (Wildman–Crippen LogP) is 2.63. The molecule has 0 aromatic carbocycles.